The van der Waals surface area contributed by atoms with Crippen LogP contribution in [0.1, 0.15) is 83.6 Å². The van der Waals surface area contributed by atoms with Gasteiger partial charge in [0.15, 0.2) is 0 Å². The molecule has 266 valence electrons. The van der Waals surface area contributed by atoms with Gasteiger partial charge in [0.1, 0.15) is 54.0 Å². The first-order valence-corrected chi connectivity index (χ1v) is 17.8. The van der Waals surface area contributed by atoms with Gasteiger partial charge in [0.25, 0.3) is 0 Å². The second-order valence-electron chi connectivity index (χ2n) is 15.0. The van der Waals surface area contributed by atoms with Crippen molar-refractivity contribution in [1.82, 2.24) is 0 Å². The van der Waals surface area contributed by atoms with Gasteiger partial charge in [-0.2, -0.15) is 0 Å². The Balaban J connectivity index is 0.997. The smallest absolute Gasteiger partial charge is 0.223 e. The summed E-state index contributed by atoms with van der Waals surface area (Å²) >= 11 is 0. The minimum Gasteiger partial charge on any atom is -0.491 e. The van der Waals surface area contributed by atoms with Gasteiger partial charge in [0.05, 0.1) is 12.7 Å². The van der Waals surface area contributed by atoms with Gasteiger partial charge in [-0.3, -0.25) is 0 Å². The van der Waals surface area contributed by atoms with Crippen LogP contribution in [0.15, 0.2) is 97.1 Å². The average Bonchev–Trinajstić information content (AvgIpc) is 4.04. The Morgan fingerprint density at radius 1 is 0.660 bits per heavy atom. The van der Waals surface area contributed by atoms with E-state index < -0.39 is 11.7 Å². The maximum atomic E-state index is 11.0. The summed E-state index contributed by atoms with van der Waals surface area (Å²) in [5.41, 5.74) is 3.78. The first-order chi connectivity index (χ1) is 23.8. The molecule has 0 saturated carbocycles. The zero-order valence-corrected chi connectivity index (χ0v) is 30.5. The third kappa shape index (κ3) is 8.81. The Hall–Kier alpha value is -4.04. The molecule has 0 radical (unpaired) electrons. The maximum absolute atomic E-state index is 11.0. The normalized spacial score (nSPS) is 19.5. The van der Waals surface area contributed by atoms with Crippen LogP contribution < -0.4 is 18.9 Å². The SMILES string of the molecule is CCC(C)(CC(O)COc1ccc(C(C)(C)c2ccc(OC(C)[C@H]3CO3)cc2)cc1)Oc1ccc(C(C)(C)c2ccc(OC3CO3)cc2)cc1. The van der Waals surface area contributed by atoms with Crippen molar-refractivity contribution in [3.05, 3.63) is 119 Å². The number of epoxide rings is 2. The number of ether oxygens (including phenoxy) is 6. The van der Waals surface area contributed by atoms with Crippen LogP contribution in [0.5, 0.6) is 23.0 Å². The minimum absolute atomic E-state index is 0.0538. The Labute approximate surface area is 297 Å². The van der Waals surface area contributed by atoms with E-state index in [1.54, 1.807) is 0 Å². The summed E-state index contributed by atoms with van der Waals surface area (Å²) in [5.74, 6) is 3.17. The monoisotopic (exact) mass is 680 g/mol. The van der Waals surface area contributed by atoms with E-state index in [1.165, 1.54) is 22.3 Å². The van der Waals surface area contributed by atoms with Crippen molar-refractivity contribution in [3.63, 3.8) is 0 Å². The fourth-order valence-corrected chi connectivity index (χ4v) is 6.31. The van der Waals surface area contributed by atoms with Gasteiger partial charge in [-0.1, -0.05) is 83.1 Å². The van der Waals surface area contributed by atoms with Gasteiger partial charge in [-0.25, -0.2) is 0 Å². The number of rotatable bonds is 17. The third-order valence-corrected chi connectivity index (χ3v) is 10.3. The molecule has 4 aromatic rings. The quantitative estimate of drug-likeness (QED) is 0.112. The summed E-state index contributed by atoms with van der Waals surface area (Å²) in [7, 11) is 0. The summed E-state index contributed by atoms with van der Waals surface area (Å²) in [5, 5.41) is 11.0. The summed E-state index contributed by atoms with van der Waals surface area (Å²) in [4.78, 5) is 0. The Morgan fingerprint density at radius 3 is 1.54 bits per heavy atom. The van der Waals surface area contributed by atoms with Crippen molar-refractivity contribution in [3.8, 4) is 23.0 Å². The minimum atomic E-state index is -0.692. The molecule has 6 rings (SSSR count). The predicted octanol–water partition coefficient (Wildman–Crippen LogP) is 8.62. The van der Waals surface area contributed by atoms with Crippen molar-refractivity contribution in [1.29, 1.82) is 0 Å². The fourth-order valence-electron chi connectivity index (χ4n) is 6.31. The van der Waals surface area contributed by atoms with Crippen molar-refractivity contribution in [2.45, 2.75) is 102 Å². The van der Waals surface area contributed by atoms with Crippen LogP contribution >= 0.6 is 0 Å². The highest BCUT2D eigenvalue weighted by Crippen LogP contribution is 2.36. The molecule has 4 unspecified atom stereocenters. The molecule has 0 bridgehead atoms. The molecule has 0 aliphatic carbocycles. The van der Waals surface area contributed by atoms with E-state index in [1.807, 2.05) is 62.4 Å². The standard InChI is InChI=1S/C43H52O7/c1-8-43(7,50-38-23-15-33(16-24-38)42(5,6)32-13-21-37(22-14-32)49-40-28-47-40)25-34(44)26-45-35-17-9-30(10-18-35)41(3,4)31-11-19-36(20-12-31)48-29(2)39-27-46-39/h9-24,29,34,39-40,44H,8,25-28H2,1-7H3/t29?,34?,39-,40?,43?/m1/s1. The molecule has 0 amide bonds. The fraction of sp³-hybridized carbons (Fsp3) is 0.442. The highest BCUT2D eigenvalue weighted by molar-refractivity contribution is 5.43. The molecule has 2 heterocycles. The van der Waals surface area contributed by atoms with E-state index >= 15 is 0 Å². The molecule has 2 aliphatic heterocycles. The number of aliphatic hydroxyl groups is 1. The van der Waals surface area contributed by atoms with Crippen LogP contribution in [0.4, 0.5) is 0 Å². The maximum Gasteiger partial charge on any atom is 0.223 e. The van der Waals surface area contributed by atoms with Gasteiger partial charge in [0, 0.05) is 17.3 Å². The first-order valence-electron chi connectivity index (χ1n) is 17.8. The molecule has 2 saturated heterocycles. The van der Waals surface area contributed by atoms with Gasteiger partial charge in [0.2, 0.25) is 6.29 Å². The second kappa shape index (κ2) is 14.7. The van der Waals surface area contributed by atoms with Crippen LogP contribution in [-0.4, -0.2) is 55.1 Å². The molecule has 50 heavy (non-hydrogen) atoms. The van der Waals surface area contributed by atoms with E-state index in [4.69, 9.17) is 28.4 Å². The van der Waals surface area contributed by atoms with Crippen LogP contribution in [0.2, 0.25) is 0 Å². The van der Waals surface area contributed by atoms with Crippen molar-refractivity contribution >= 4 is 0 Å². The van der Waals surface area contributed by atoms with Crippen molar-refractivity contribution < 1.29 is 33.5 Å². The number of benzene rings is 4. The van der Waals surface area contributed by atoms with Gasteiger partial charge in [-0.15, -0.1) is 0 Å². The lowest BCUT2D eigenvalue weighted by Gasteiger charge is -2.32. The van der Waals surface area contributed by atoms with E-state index in [-0.39, 0.29) is 35.9 Å². The van der Waals surface area contributed by atoms with E-state index in [2.05, 4.69) is 83.1 Å². The van der Waals surface area contributed by atoms with E-state index in [9.17, 15) is 5.11 Å². The van der Waals surface area contributed by atoms with Crippen LogP contribution in [-0.2, 0) is 20.3 Å². The molecular formula is C43H52O7. The predicted molar refractivity (Wildman–Crippen MR) is 196 cm³/mol. The third-order valence-electron chi connectivity index (χ3n) is 10.3. The van der Waals surface area contributed by atoms with Gasteiger partial charge in [-0.05, 0) is 91.1 Å². The van der Waals surface area contributed by atoms with Crippen molar-refractivity contribution in [2.24, 2.45) is 0 Å². The Kier molecular flexibility index (Phi) is 10.5. The molecular weight excluding hydrogens is 628 g/mol. The average molecular weight is 681 g/mol. The topological polar surface area (TPSA) is 82.2 Å². The lowest BCUT2D eigenvalue weighted by Crippen LogP contribution is -2.37. The highest BCUT2D eigenvalue weighted by atomic mass is 16.8. The summed E-state index contributed by atoms with van der Waals surface area (Å²) < 4.78 is 34.7. The largest absolute Gasteiger partial charge is 0.491 e. The lowest BCUT2D eigenvalue weighted by molar-refractivity contribution is 0.00433. The molecule has 2 aliphatic rings. The molecule has 7 nitrogen and oxygen atoms in total. The zero-order valence-electron chi connectivity index (χ0n) is 30.5. The van der Waals surface area contributed by atoms with Crippen LogP contribution in [0.25, 0.3) is 0 Å². The summed E-state index contributed by atoms with van der Waals surface area (Å²) in [6, 6.07) is 32.9. The Morgan fingerprint density at radius 2 is 1.10 bits per heavy atom. The molecule has 5 atom stereocenters. The molecule has 1 N–H and O–H groups in total. The highest BCUT2D eigenvalue weighted by Gasteiger charge is 2.32. The van der Waals surface area contributed by atoms with E-state index in [0.717, 1.165) is 36.0 Å². The van der Waals surface area contributed by atoms with Crippen LogP contribution in [0.3, 0.4) is 0 Å². The Bertz CT molecular complexity index is 1670. The van der Waals surface area contributed by atoms with E-state index in [0.29, 0.717) is 13.0 Å². The van der Waals surface area contributed by atoms with Crippen LogP contribution in [0, 0.1) is 0 Å². The summed E-state index contributed by atoms with van der Waals surface area (Å²) in [6.45, 7) is 16.6. The lowest BCUT2D eigenvalue weighted by atomic mass is 9.78. The molecule has 2 fully saturated rings. The molecule has 7 heteroatoms. The molecule has 0 spiro atoms. The van der Waals surface area contributed by atoms with Crippen molar-refractivity contribution in [2.75, 3.05) is 19.8 Å². The molecule has 0 aromatic heterocycles. The number of aliphatic hydroxyl groups excluding tert-OH is 1. The summed E-state index contributed by atoms with van der Waals surface area (Å²) in [6.07, 6.45) is 0.643. The van der Waals surface area contributed by atoms with Gasteiger partial charge < -0.3 is 33.5 Å². The van der Waals surface area contributed by atoms with Gasteiger partial charge >= 0.3 is 0 Å². The zero-order chi connectivity index (χ0) is 35.5. The first kappa shape index (κ1) is 35.8. The molecule has 4 aromatic carbocycles. The number of hydrogen-bond acceptors (Lipinski definition) is 7. The second-order valence-corrected chi connectivity index (χ2v) is 15.0. The number of hydrogen-bond donors (Lipinski definition) is 1.